The number of aromatic amines is 1. The van der Waals surface area contributed by atoms with E-state index in [0.29, 0.717) is 36.7 Å². The Kier molecular flexibility index (Phi) is 8.47. The van der Waals surface area contributed by atoms with Crippen LogP contribution < -0.4 is 26.6 Å². The van der Waals surface area contributed by atoms with Crippen LogP contribution in [0.15, 0.2) is 33.9 Å². The zero-order chi connectivity index (χ0) is 23.1. The number of unbranched alkanes of at least 4 members (excludes halogenated alkanes) is 1. The molecule has 1 amide bonds. The number of carbonyl (C=O) groups excluding carboxylic acids is 1. The van der Waals surface area contributed by atoms with E-state index in [1.807, 2.05) is 34.6 Å². The lowest BCUT2D eigenvalue weighted by molar-refractivity contribution is 0.0985. The summed E-state index contributed by atoms with van der Waals surface area (Å²) < 4.78 is 6.97. The van der Waals surface area contributed by atoms with E-state index in [1.165, 1.54) is 9.47 Å². The number of anilines is 2. The number of rotatable bonds is 10. The van der Waals surface area contributed by atoms with E-state index < -0.39 is 11.2 Å². The van der Waals surface area contributed by atoms with Crippen molar-refractivity contribution in [3.8, 4) is 5.75 Å². The lowest BCUT2D eigenvalue weighted by atomic mass is 10.1. The van der Waals surface area contributed by atoms with Crippen LogP contribution in [0.2, 0.25) is 0 Å². The maximum absolute atomic E-state index is 13.4. The number of nitrogens with one attached hydrogen (secondary N) is 1. The van der Waals surface area contributed by atoms with Gasteiger partial charge < -0.3 is 15.4 Å². The lowest BCUT2D eigenvalue weighted by Gasteiger charge is -2.25. The molecule has 2 aromatic rings. The Morgan fingerprint density at radius 3 is 2.35 bits per heavy atom. The van der Waals surface area contributed by atoms with E-state index in [9.17, 15) is 14.4 Å². The highest BCUT2D eigenvalue weighted by Crippen LogP contribution is 2.22. The lowest BCUT2D eigenvalue weighted by Crippen LogP contribution is -2.42. The molecule has 0 aliphatic carbocycles. The fourth-order valence-corrected chi connectivity index (χ4v) is 3.18. The third kappa shape index (κ3) is 6.23. The number of ether oxygens (including phenoxy) is 1. The summed E-state index contributed by atoms with van der Waals surface area (Å²) in [4.78, 5) is 42.1. The molecule has 1 heterocycles. The number of hydrogen-bond donors (Lipinski definition) is 2. The smallest absolute Gasteiger partial charge is 0.330 e. The van der Waals surface area contributed by atoms with Crippen LogP contribution in [0.1, 0.15) is 64.2 Å². The number of nitrogens with zero attached hydrogens (tertiary/aromatic N) is 2. The molecule has 0 unspecified atom stereocenters. The van der Waals surface area contributed by atoms with Crippen molar-refractivity contribution in [2.45, 2.75) is 66.5 Å². The Bertz CT molecular complexity index is 990. The van der Waals surface area contributed by atoms with E-state index in [1.54, 1.807) is 24.3 Å². The van der Waals surface area contributed by atoms with E-state index in [-0.39, 0.29) is 23.5 Å². The molecule has 0 saturated heterocycles. The van der Waals surface area contributed by atoms with E-state index in [0.717, 1.165) is 12.8 Å². The highest BCUT2D eigenvalue weighted by atomic mass is 16.5. The Morgan fingerprint density at radius 1 is 1.16 bits per heavy atom. The summed E-state index contributed by atoms with van der Waals surface area (Å²) in [6.07, 6.45) is 2.29. The Labute approximate surface area is 183 Å². The predicted octanol–water partition coefficient (Wildman–Crippen LogP) is 3.40. The number of H-pyrrole nitrogens is 1. The number of nitrogen functional groups attached to an aromatic ring is 1. The molecule has 0 aliphatic rings. The number of benzene rings is 1. The average molecular weight is 431 g/mol. The summed E-state index contributed by atoms with van der Waals surface area (Å²) in [6, 6.07) is 6.78. The van der Waals surface area contributed by atoms with Gasteiger partial charge in [-0.25, -0.2) is 4.79 Å². The molecule has 1 aromatic heterocycles. The first-order valence-electron chi connectivity index (χ1n) is 10.9. The molecule has 170 valence electrons. The minimum Gasteiger partial charge on any atom is -0.491 e. The Hall–Kier alpha value is -3.03. The van der Waals surface area contributed by atoms with E-state index >= 15 is 0 Å². The van der Waals surface area contributed by atoms with Crippen LogP contribution in [-0.4, -0.2) is 28.1 Å². The van der Waals surface area contributed by atoms with E-state index in [4.69, 9.17) is 10.5 Å². The van der Waals surface area contributed by atoms with Crippen molar-refractivity contribution in [2.75, 3.05) is 17.2 Å². The predicted molar refractivity (Wildman–Crippen MR) is 124 cm³/mol. The summed E-state index contributed by atoms with van der Waals surface area (Å²) in [7, 11) is 0. The SMILES string of the molecule is CCCCn1c(N)c(N(CCC(C)C)C(=O)c2ccc(OC(C)C)cc2)c(=O)[nH]c1=O. The first-order chi connectivity index (χ1) is 14.6. The normalized spacial score (nSPS) is 11.2. The van der Waals surface area contributed by atoms with Crippen molar-refractivity contribution in [1.82, 2.24) is 9.55 Å². The van der Waals surface area contributed by atoms with Crippen LogP contribution in [0.3, 0.4) is 0 Å². The van der Waals surface area contributed by atoms with Gasteiger partial charge in [-0.15, -0.1) is 0 Å². The molecule has 2 rings (SSSR count). The van der Waals surface area contributed by atoms with Gasteiger partial charge in [0.05, 0.1) is 6.10 Å². The average Bonchev–Trinajstić information content (AvgIpc) is 2.69. The second-order valence-corrected chi connectivity index (χ2v) is 8.33. The minimum absolute atomic E-state index is 0.0130. The standard InChI is InChI=1S/C23H34N4O4/c1-6-7-13-27-20(24)19(21(28)25-23(27)30)26(14-12-15(2)3)22(29)17-8-10-18(11-9-17)31-16(4)5/h8-11,15-16H,6-7,12-14,24H2,1-5H3,(H,25,28,30). The third-order valence-electron chi connectivity index (χ3n) is 4.87. The fraction of sp³-hybridized carbons (Fsp3) is 0.522. The molecule has 0 bridgehead atoms. The third-order valence-corrected chi connectivity index (χ3v) is 4.87. The molecule has 1 aromatic carbocycles. The number of amides is 1. The molecule has 31 heavy (non-hydrogen) atoms. The number of aromatic nitrogens is 2. The van der Waals surface area contributed by atoms with Crippen molar-refractivity contribution in [1.29, 1.82) is 0 Å². The zero-order valence-corrected chi connectivity index (χ0v) is 19.1. The first-order valence-corrected chi connectivity index (χ1v) is 10.9. The maximum atomic E-state index is 13.4. The molecule has 8 nitrogen and oxygen atoms in total. The van der Waals surface area contributed by atoms with Gasteiger partial charge in [0.2, 0.25) is 0 Å². The monoisotopic (exact) mass is 430 g/mol. The molecule has 8 heteroatoms. The topological polar surface area (TPSA) is 110 Å². The number of hydrogen-bond acceptors (Lipinski definition) is 5. The largest absolute Gasteiger partial charge is 0.491 e. The maximum Gasteiger partial charge on any atom is 0.330 e. The van der Waals surface area contributed by atoms with Gasteiger partial charge in [0.15, 0.2) is 5.69 Å². The second kappa shape index (κ2) is 10.8. The minimum atomic E-state index is -0.660. The summed E-state index contributed by atoms with van der Waals surface area (Å²) in [5.74, 6) is 0.628. The zero-order valence-electron chi connectivity index (χ0n) is 19.1. The Morgan fingerprint density at radius 2 is 1.81 bits per heavy atom. The summed E-state index contributed by atoms with van der Waals surface area (Å²) >= 11 is 0. The summed E-state index contributed by atoms with van der Waals surface area (Å²) in [6.45, 7) is 10.6. The van der Waals surface area contributed by atoms with Crippen LogP contribution in [0.4, 0.5) is 11.5 Å². The van der Waals surface area contributed by atoms with Crippen LogP contribution in [0, 0.1) is 5.92 Å². The van der Waals surface area contributed by atoms with Crippen molar-refractivity contribution < 1.29 is 9.53 Å². The van der Waals surface area contributed by atoms with Gasteiger partial charge in [-0.2, -0.15) is 0 Å². The molecular weight excluding hydrogens is 396 g/mol. The summed E-state index contributed by atoms with van der Waals surface area (Å²) in [5, 5.41) is 0. The molecule has 3 N–H and O–H groups in total. The van der Waals surface area contributed by atoms with Gasteiger partial charge >= 0.3 is 5.69 Å². The van der Waals surface area contributed by atoms with Gasteiger partial charge in [0, 0.05) is 18.7 Å². The molecule has 0 atom stereocenters. The quantitative estimate of drug-likeness (QED) is 0.600. The van der Waals surface area contributed by atoms with Crippen LogP contribution >= 0.6 is 0 Å². The molecule has 0 radical (unpaired) electrons. The molecule has 0 saturated carbocycles. The van der Waals surface area contributed by atoms with Crippen molar-refractivity contribution in [3.63, 3.8) is 0 Å². The van der Waals surface area contributed by atoms with Gasteiger partial charge in [-0.3, -0.25) is 19.1 Å². The molecular formula is C23H34N4O4. The first kappa shape index (κ1) is 24.2. The Balaban J connectivity index is 2.50. The highest BCUT2D eigenvalue weighted by molar-refractivity contribution is 6.07. The van der Waals surface area contributed by atoms with Crippen molar-refractivity contribution >= 4 is 17.4 Å². The van der Waals surface area contributed by atoms with Crippen molar-refractivity contribution in [3.05, 3.63) is 50.7 Å². The van der Waals surface area contributed by atoms with Gasteiger partial charge in [-0.05, 0) is 56.9 Å². The second-order valence-electron chi connectivity index (χ2n) is 8.33. The van der Waals surface area contributed by atoms with Crippen molar-refractivity contribution in [2.24, 2.45) is 5.92 Å². The van der Waals surface area contributed by atoms with Gasteiger partial charge in [-0.1, -0.05) is 27.2 Å². The molecule has 0 fully saturated rings. The fourth-order valence-electron chi connectivity index (χ4n) is 3.18. The molecule has 0 aliphatic heterocycles. The summed E-state index contributed by atoms with van der Waals surface area (Å²) in [5.41, 5.74) is 5.46. The van der Waals surface area contributed by atoms with Crippen LogP contribution in [-0.2, 0) is 6.54 Å². The molecule has 0 spiro atoms. The number of carbonyl (C=O) groups is 1. The number of nitrogens with two attached hydrogens (primary N) is 1. The highest BCUT2D eigenvalue weighted by Gasteiger charge is 2.25. The van der Waals surface area contributed by atoms with Crippen LogP contribution in [0.5, 0.6) is 5.75 Å². The van der Waals surface area contributed by atoms with E-state index in [2.05, 4.69) is 4.98 Å². The van der Waals surface area contributed by atoms with Gasteiger partial charge in [0.25, 0.3) is 11.5 Å². The van der Waals surface area contributed by atoms with Gasteiger partial charge in [0.1, 0.15) is 11.6 Å². The van der Waals surface area contributed by atoms with Crippen LogP contribution in [0.25, 0.3) is 0 Å².